The minimum absolute atomic E-state index is 0.0727. The Morgan fingerprint density at radius 1 is 1.40 bits per heavy atom. The van der Waals surface area contributed by atoms with E-state index in [1.54, 1.807) is 23.9 Å². The van der Waals surface area contributed by atoms with Gasteiger partial charge in [0, 0.05) is 18.8 Å². The van der Waals surface area contributed by atoms with E-state index in [4.69, 9.17) is 4.74 Å². The Morgan fingerprint density at radius 3 is 2.68 bits per heavy atom. The number of morpholine rings is 1. The lowest BCUT2D eigenvalue weighted by Gasteiger charge is -2.37. The van der Waals surface area contributed by atoms with Crippen LogP contribution >= 0.6 is 11.8 Å². The maximum absolute atomic E-state index is 14.5. The van der Waals surface area contributed by atoms with Gasteiger partial charge >= 0.3 is 0 Å². The van der Waals surface area contributed by atoms with Crippen molar-refractivity contribution in [2.24, 2.45) is 0 Å². The molecule has 1 aliphatic rings. The number of benzene rings is 1. The number of anilines is 2. The summed E-state index contributed by atoms with van der Waals surface area (Å²) in [7, 11) is 0. The van der Waals surface area contributed by atoms with E-state index in [0.717, 1.165) is 18.6 Å². The van der Waals surface area contributed by atoms with Crippen LogP contribution in [0, 0.1) is 5.82 Å². The van der Waals surface area contributed by atoms with Crippen LogP contribution in [0.5, 0.6) is 0 Å². The largest absolute Gasteiger partial charge is 0.372 e. The monoisotopic (exact) mass is 368 g/mol. The number of rotatable bonds is 7. The quantitative estimate of drug-likeness (QED) is 0.729. The van der Waals surface area contributed by atoms with Gasteiger partial charge in [-0.1, -0.05) is 13.3 Å². The van der Waals surface area contributed by atoms with Gasteiger partial charge in [0.15, 0.2) is 0 Å². The van der Waals surface area contributed by atoms with Gasteiger partial charge in [-0.15, -0.1) is 11.8 Å². The number of halogens is 1. The molecule has 0 saturated carbocycles. The summed E-state index contributed by atoms with van der Waals surface area (Å²) >= 11 is 1.63. The number of nitrogens with one attached hydrogen (secondary N) is 1. The van der Waals surface area contributed by atoms with Gasteiger partial charge in [0.05, 0.1) is 23.1 Å². The van der Waals surface area contributed by atoms with Crippen molar-refractivity contribution < 1.29 is 13.9 Å². The van der Waals surface area contributed by atoms with Crippen molar-refractivity contribution in [3.8, 4) is 0 Å². The van der Waals surface area contributed by atoms with Crippen LogP contribution in [0.25, 0.3) is 0 Å². The normalized spacial score (nSPS) is 21.9. The molecule has 1 aliphatic heterocycles. The summed E-state index contributed by atoms with van der Waals surface area (Å²) in [5.74, 6) is 0.568. The van der Waals surface area contributed by atoms with Crippen molar-refractivity contribution in [2.75, 3.05) is 29.1 Å². The van der Waals surface area contributed by atoms with Crippen LogP contribution in [-0.2, 0) is 9.53 Å². The summed E-state index contributed by atoms with van der Waals surface area (Å²) < 4.78 is 20.2. The van der Waals surface area contributed by atoms with Crippen LogP contribution in [0.15, 0.2) is 18.2 Å². The molecule has 1 amide bonds. The summed E-state index contributed by atoms with van der Waals surface area (Å²) in [6, 6.07) is 4.91. The van der Waals surface area contributed by atoms with Gasteiger partial charge in [-0.3, -0.25) is 4.79 Å². The number of ether oxygens (including phenoxy) is 1. The van der Waals surface area contributed by atoms with E-state index in [9.17, 15) is 9.18 Å². The molecule has 1 N–H and O–H groups in total. The first-order chi connectivity index (χ1) is 11.9. The maximum Gasteiger partial charge on any atom is 0.237 e. The molecule has 6 heteroatoms. The molecular formula is C19H29FN2O2S. The molecule has 1 fully saturated rings. The van der Waals surface area contributed by atoms with Crippen molar-refractivity contribution in [1.29, 1.82) is 0 Å². The molecule has 4 nitrogen and oxygen atoms in total. The lowest BCUT2D eigenvalue weighted by atomic mass is 10.2. The van der Waals surface area contributed by atoms with Gasteiger partial charge in [0.1, 0.15) is 5.82 Å². The van der Waals surface area contributed by atoms with E-state index in [2.05, 4.69) is 12.2 Å². The lowest BCUT2D eigenvalue weighted by Crippen LogP contribution is -2.45. The summed E-state index contributed by atoms with van der Waals surface area (Å²) in [4.78, 5) is 14.2. The Morgan fingerprint density at radius 2 is 2.08 bits per heavy atom. The molecule has 1 aromatic rings. The highest BCUT2D eigenvalue weighted by atomic mass is 32.2. The number of carbonyl (C=O) groups is 1. The fourth-order valence-electron chi connectivity index (χ4n) is 2.94. The average Bonchev–Trinajstić information content (AvgIpc) is 2.54. The molecule has 0 radical (unpaired) electrons. The first-order valence-electron chi connectivity index (χ1n) is 9.03. The SMILES string of the molecule is CCCCSC(C)C(=O)Nc1ccc(N2CC(C)OC(C)C2)c(F)c1. The van der Waals surface area contributed by atoms with Gasteiger partial charge in [0.2, 0.25) is 5.91 Å². The molecule has 3 unspecified atom stereocenters. The van der Waals surface area contributed by atoms with Crippen LogP contribution in [0.1, 0.15) is 40.5 Å². The smallest absolute Gasteiger partial charge is 0.237 e. The van der Waals surface area contributed by atoms with Crippen molar-refractivity contribution in [3.63, 3.8) is 0 Å². The van der Waals surface area contributed by atoms with Crippen LogP contribution < -0.4 is 10.2 Å². The van der Waals surface area contributed by atoms with E-state index in [-0.39, 0.29) is 29.2 Å². The van der Waals surface area contributed by atoms with E-state index in [1.807, 2.05) is 25.7 Å². The number of hydrogen-bond donors (Lipinski definition) is 1. The minimum atomic E-state index is -0.314. The zero-order chi connectivity index (χ0) is 18.4. The van der Waals surface area contributed by atoms with Crippen LogP contribution in [0.3, 0.4) is 0 Å². The molecule has 1 heterocycles. The van der Waals surface area contributed by atoms with Crippen LogP contribution in [-0.4, -0.2) is 42.2 Å². The zero-order valence-electron chi connectivity index (χ0n) is 15.5. The predicted octanol–water partition coefficient (Wildman–Crippen LogP) is 4.30. The summed E-state index contributed by atoms with van der Waals surface area (Å²) in [5, 5.41) is 2.67. The standard InChI is InChI=1S/C19H29FN2O2S/c1-5-6-9-25-15(4)19(23)21-16-7-8-18(17(20)10-16)22-11-13(2)24-14(3)12-22/h7-8,10,13-15H,5-6,9,11-12H2,1-4H3,(H,21,23). The summed E-state index contributed by atoms with van der Waals surface area (Å²) in [6.07, 6.45) is 2.36. The molecule has 25 heavy (non-hydrogen) atoms. The summed E-state index contributed by atoms with van der Waals surface area (Å²) in [5.41, 5.74) is 1.06. The van der Waals surface area contributed by atoms with E-state index in [0.29, 0.717) is 24.5 Å². The fourth-order valence-corrected chi connectivity index (χ4v) is 3.96. The Labute approximate surface area is 154 Å². The van der Waals surface area contributed by atoms with Gasteiger partial charge in [-0.25, -0.2) is 4.39 Å². The second kappa shape index (κ2) is 9.43. The Kier molecular flexibility index (Phi) is 7.56. The van der Waals surface area contributed by atoms with Crippen molar-refractivity contribution >= 4 is 29.0 Å². The highest BCUT2D eigenvalue weighted by molar-refractivity contribution is 8.00. The van der Waals surface area contributed by atoms with Crippen LogP contribution in [0.2, 0.25) is 0 Å². The predicted molar refractivity (Wildman–Crippen MR) is 104 cm³/mol. The molecule has 0 spiro atoms. The molecular weight excluding hydrogens is 339 g/mol. The second-order valence-corrected chi connectivity index (χ2v) is 8.13. The third kappa shape index (κ3) is 5.89. The molecule has 2 rings (SSSR count). The number of nitrogens with zero attached hydrogens (tertiary/aromatic N) is 1. The average molecular weight is 369 g/mol. The van der Waals surface area contributed by atoms with Crippen molar-refractivity contribution in [1.82, 2.24) is 0 Å². The zero-order valence-corrected chi connectivity index (χ0v) is 16.4. The second-order valence-electron chi connectivity index (χ2n) is 6.68. The van der Waals surface area contributed by atoms with E-state index in [1.165, 1.54) is 6.07 Å². The fraction of sp³-hybridized carbons (Fsp3) is 0.632. The first kappa shape index (κ1) is 20.0. The molecule has 3 atom stereocenters. The Bertz CT molecular complexity index is 575. The highest BCUT2D eigenvalue weighted by Crippen LogP contribution is 2.26. The number of thioether (sulfide) groups is 1. The Balaban J connectivity index is 1.98. The number of unbranched alkanes of at least 4 members (excludes halogenated alkanes) is 1. The molecule has 0 aliphatic carbocycles. The van der Waals surface area contributed by atoms with E-state index < -0.39 is 0 Å². The molecule has 140 valence electrons. The Hall–Kier alpha value is -1.27. The van der Waals surface area contributed by atoms with Gasteiger partial charge < -0.3 is 15.0 Å². The number of hydrogen-bond acceptors (Lipinski definition) is 4. The third-order valence-corrected chi connectivity index (χ3v) is 5.45. The molecule has 1 aromatic carbocycles. The highest BCUT2D eigenvalue weighted by Gasteiger charge is 2.24. The molecule has 0 aromatic heterocycles. The number of carbonyl (C=O) groups excluding carboxylic acids is 1. The minimum Gasteiger partial charge on any atom is -0.372 e. The topological polar surface area (TPSA) is 41.6 Å². The van der Waals surface area contributed by atoms with Crippen molar-refractivity contribution in [3.05, 3.63) is 24.0 Å². The maximum atomic E-state index is 14.5. The first-order valence-corrected chi connectivity index (χ1v) is 10.1. The summed E-state index contributed by atoms with van der Waals surface area (Å²) in [6.45, 7) is 9.33. The van der Waals surface area contributed by atoms with Crippen LogP contribution in [0.4, 0.5) is 15.8 Å². The molecule has 0 bridgehead atoms. The van der Waals surface area contributed by atoms with Gasteiger partial charge in [-0.2, -0.15) is 0 Å². The van der Waals surface area contributed by atoms with Gasteiger partial charge in [-0.05, 0) is 51.1 Å². The third-order valence-electron chi connectivity index (χ3n) is 4.21. The lowest BCUT2D eigenvalue weighted by molar-refractivity contribution is -0.115. The van der Waals surface area contributed by atoms with Gasteiger partial charge in [0.25, 0.3) is 0 Å². The van der Waals surface area contributed by atoms with E-state index >= 15 is 0 Å². The van der Waals surface area contributed by atoms with Crippen molar-refractivity contribution in [2.45, 2.75) is 58.0 Å². The molecule has 1 saturated heterocycles. The number of amides is 1.